The molecule has 3 heteroatoms. The molecule has 0 heterocycles. The first kappa shape index (κ1) is 20.5. The summed E-state index contributed by atoms with van der Waals surface area (Å²) in [5, 5.41) is 18.8. The van der Waals surface area contributed by atoms with Crippen LogP contribution in [0.4, 0.5) is 0 Å². The molecule has 2 aromatic carbocycles. The second-order valence-electron chi connectivity index (χ2n) is 6.83. The van der Waals surface area contributed by atoms with Crippen molar-refractivity contribution in [2.45, 2.75) is 46.0 Å². The second-order valence-corrected chi connectivity index (χ2v) is 6.83. The van der Waals surface area contributed by atoms with Gasteiger partial charge in [0.1, 0.15) is 6.07 Å². The molecule has 0 bridgehead atoms. The number of hydrogen-bond acceptors (Lipinski definition) is 2. The predicted molar refractivity (Wildman–Crippen MR) is 110 cm³/mol. The molecule has 0 spiro atoms. The average molecular weight is 361 g/mol. The lowest BCUT2D eigenvalue weighted by Crippen LogP contribution is -2.06. The van der Waals surface area contributed by atoms with E-state index in [0.29, 0.717) is 17.0 Å². The maximum atomic E-state index is 10.9. The highest BCUT2D eigenvalue weighted by atomic mass is 16.4. The van der Waals surface area contributed by atoms with E-state index < -0.39 is 5.97 Å². The van der Waals surface area contributed by atoms with Crippen molar-refractivity contribution in [3.8, 4) is 17.2 Å². The molecule has 1 N–H and O–H groups in total. The van der Waals surface area contributed by atoms with Gasteiger partial charge in [-0.1, -0.05) is 82.0 Å². The Morgan fingerprint density at radius 2 is 1.93 bits per heavy atom. The monoisotopic (exact) mass is 361 g/mol. The van der Waals surface area contributed by atoms with Gasteiger partial charge in [-0.25, -0.2) is 4.79 Å². The Kier molecular flexibility index (Phi) is 7.82. The molecule has 0 radical (unpaired) electrons. The summed E-state index contributed by atoms with van der Waals surface area (Å²) in [7, 11) is 0. The van der Waals surface area contributed by atoms with Crippen molar-refractivity contribution in [2.75, 3.05) is 0 Å². The van der Waals surface area contributed by atoms with Crippen molar-refractivity contribution >= 4 is 12.0 Å². The lowest BCUT2D eigenvalue weighted by atomic mass is 9.84. The van der Waals surface area contributed by atoms with Crippen LogP contribution in [0.2, 0.25) is 0 Å². The van der Waals surface area contributed by atoms with Gasteiger partial charge >= 0.3 is 5.97 Å². The molecule has 2 aromatic rings. The van der Waals surface area contributed by atoms with E-state index in [0.717, 1.165) is 35.6 Å². The van der Waals surface area contributed by atoms with E-state index in [1.54, 1.807) is 0 Å². The Balaban J connectivity index is 2.56. The topological polar surface area (TPSA) is 61.1 Å². The molecule has 3 nitrogen and oxygen atoms in total. The smallest absolute Gasteiger partial charge is 0.328 e. The van der Waals surface area contributed by atoms with Crippen molar-refractivity contribution < 1.29 is 9.90 Å². The van der Waals surface area contributed by atoms with Crippen LogP contribution in [0.5, 0.6) is 0 Å². The maximum absolute atomic E-state index is 10.9. The molecule has 0 aliphatic carbocycles. The van der Waals surface area contributed by atoms with E-state index >= 15 is 0 Å². The standard InChI is InChI=1S/C24H27NO2/c1-3-5-9-18(4-2)16-21-13-12-19(14-15-23(26)27)22(17-25)24(21)20-10-7-6-8-11-20/h6-8,10-15,18H,3-5,9,16H2,1-2H3,(H,26,27). The minimum absolute atomic E-state index is 0.543. The highest BCUT2D eigenvalue weighted by Gasteiger charge is 2.17. The van der Waals surface area contributed by atoms with Crippen LogP contribution in [-0.2, 0) is 11.2 Å². The molecule has 0 aliphatic heterocycles. The van der Waals surface area contributed by atoms with E-state index in [9.17, 15) is 10.1 Å². The molecule has 2 rings (SSSR count). The molecule has 0 fully saturated rings. The first-order valence-electron chi connectivity index (χ1n) is 9.63. The quantitative estimate of drug-likeness (QED) is 0.550. The number of carboxylic acids is 1. The van der Waals surface area contributed by atoms with E-state index in [1.165, 1.54) is 25.3 Å². The minimum Gasteiger partial charge on any atom is -0.478 e. The van der Waals surface area contributed by atoms with Crippen molar-refractivity contribution in [2.24, 2.45) is 5.92 Å². The highest BCUT2D eigenvalue weighted by Crippen LogP contribution is 2.33. The van der Waals surface area contributed by atoms with Crippen LogP contribution in [-0.4, -0.2) is 11.1 Å². The van der Waals surface area contributed by atoms with Gasteiger partial charge in [0, 0.05) is 11.6 Å². The number of nitriles is 1. The molecule has 140 valence electrons. The van der Waals surface area contributed by atoms with Gasteiger partial charge in [-0.2, -0.15) is 5.26 Å². The molecule has 1 atom stereocenters. The number of benzene rings is 2. The summed E-state index contributed by atoms with van der Waals surface area (Å²) >= 11 is 0. The van der Waals surface area contributed by atoms with Gasteiger partial charge in [-0.3, -0.25) is 0 Å². The number of unbranched alkanes of at least 4 members (excludes halogenated alkanes) is 1. The fraction of sp³-hybridized carbons (Fsp3) is 0.333. The fourth-order valence-electron chi connectivity index (χ4n) is 3.44. The third-order valence-corrected chi connectivity index (χ3v) is 4.96. The zero-order chi connectivity index (χ0) is 19.6. The third-order valence-electron chi connectivity index (χ3n) is 4.96. The Morgan fingerprint density at radius 3 is 2.52 bits per heavy atom. The van der Waals surface area contributed by atoms with E-state index in [4.69, 9.17) is 5.11 Å². The summed E-state index contributed by atoms with van der Waals surface area (Å²) in [5.41, 5.74) is 4.28. The zero-order valence-corrected chi connectivity index (χ0v) is 16.1. The van der Waals surface area contributed by atoms with Crippen molar-refractivity contribution in [1.82, 2.24) is 0 Å². The Hall–Kier alpha value is -2.86. The number of rotatable bonds is 9. The van der Waals surface area contributed by atoms with Crippen molar-refractivity contribution in [3.05, 3.63) is 65.2 Å². The summed E-state index contributed by atoms with van der Waals surface area (Å²) < 4.78 is 0. The van der Waals surface area contributed by atoms with Gasteiger partial charge in [-0.05, 0) is 35.1 Å². The van der Waals surface area contributed by atoms with Crippen LogP contribution >= 0.6 is 0 Å². The lowest BCUT2D eigenvalue weighted by molar-refractivity contribution is -0.131. The van der Waals surface area contributed by atoms with Crippen molar-refractivity contribution in [3.63, 3.8) is 0 Å². The van der Waals surface area contributed by atoms with Crippen molar-refractivity contribution in [1.29, 1.82) is 5.26 Å². The SMILES string of the molecule is CCCCC(CC)Cc1ccc(C=CC(=O)O)c(C#N)c1-c1ccccc1. The molecular weight excluding hydrogens is 334 g/mol. The highest BCUT2D eigenvalue weighted by molar-refractivity contribution is 5.87. The van der Waals surface area contributed by atoms with Crippen LogP contribution in [0, 0.1) is 17.2 Å². The first-order chi connectivity index (χ1) is 13.1. The molecule has 1 unspecified atom stereocenters. The molecule has 0 aromatic heterocycles. The number of nitrogens with zero attached hydrogens (tertiary/aromatic N) is 1. The zero-order valence-electron chi connectivity index (χ0n) is 16.1. The Morgan fingerprint density at radius 1 is 1.19 bits per heavy atom. The number of aliphatic carboxylic acids is 1. The predicted octanol–water partition coefficient (Wildman–Crippen LogP) is 6.08. The summed E-state index contributed by atoms with van der Waals surface area (Å²) in [6.07, 6.45) is 8.21. The molecular formula is C24H27NO2. The molecule has 0 saturated carbocycles. The van der Waals surface area contributed by atoms with Crippen LogP contribution in [0.3, 0.4) is 0 Å². The summed E-state index contributed by atoms with van der Waals surface area (Å²) in [4.78, 5) is 10.9. The molecule has 0 aliphatic rings. The minimum atomic E-state index is -1.02. The van der Waals surface area contributed by atoms with Crippen LogP contribution in [0.15, 0.2) is 48.5 Å². The molecule has 0 saturated heterocycles. The van der Waals surface area contributed by atoms with E-state index in [-0.39, 0.29) is 0 Å². The average Bonchev–Trinajstić information content (AvgIpc) is 2.69. The fourth-order valence-corrected chi connectivity index (χ4v) is 3.44. The van der Waals surface area contributed by atoms with Crippen LogP contribution in [0.25, 0.3) is 17.2 Å². The molecule has 0 amide bonds. The largest absolute Gasteiger partial charge is 0.478 e. The van der Waals surface area contributed by atoms with Gasteiger partial charge in [-0.15, -0.1) is 0 Å². The van der Waals surface area contributed by atoms with Crippen LogP contribution in [0.1, 0.15) is 56.2 Å². The second kappa shape index (κ2) is 10.3. The number of hydrogen-bond donors (Lipinski definition) is 1. The van der Waals surface area contributed by atoms with Gasteiger partial charge < -0.3 is 5.11 Å². The molecule has 27 heavy (non-hydrogen) atoms. The third kappa shape index (κ3) is 5.56. The maximum Gasteiger partial charge on any atom is 0.328 e. The van der Waals surface area contributed by atoms with Crippen LogP contribution < -0.4 is 0 Å². The van der Waals surface area contributed by atoms with Gasteiger partial charge in [0.15, 0.2) is 0 Å². The number of carboxylic acid groups (broad SMARTS) is 1. The first-order valence-corrected chi connectivity index (χ1v) is 9.63. The lowest BCUT2D eigenvalue weighted by Gasteiger charge is -2.19. The van der Waals surface area contributed by atoms with Gasteiger partial charge in [0.25, 0.3) is 0 Å². The Labute approximate surface area is 162 Å². The van der Waals surface area contributed by atoms with E-state index in [1.807, 2.05) is 36.4 Å². The normalized spacial score (nSPS) is 12.0. The Bertz CT molecular complexity index is 831. The summed E-state index contributed by atoms with van der Waals surface area (Å²) in [6.45, 7) is 4.43. The summed E-state index contributed by atoms with van der Waals surface area (Å²) in [5.74, 6) is -0.436. The van der Waals surface area contributed by atoms with Gasteiger partial charge in [0.2, 0.25) is 0 Å². The summed E-state index contributed by atoms with van der Waals surface area (Å²) in [6, 6.07) is 16.2. The van der Waals surface area contributed by atoms with Gasteiger partial charge in [0.05, 0.1) is 5.56 Å². The van der Waals surface area contributed by atoms with E-state index in [2.05, 4.69) is 26.0 Å². The number of carbonyl (C=O) groups is 1.